The van der Waals surface area contributed by atoms with Crippen LogP contribution in [0.15, 0.2) is 6.33 Å². The quantitative estimate of drug-likeness (QED) is 0.528. The fraction of sp³-hybridized carbons (Fsp3) is 0. The van der Waals surface area contributed by atoms with Crippen LogP contribution in [0.5, 0.6) is 0 Å². The SMILES string of the molecule is c1ns[nH]s[nH]1. The highest BCUT2D eigenvalue weighted by Crippen LogP contribution is 1.78. The molecule has 3 nitrogen and oxygen atoms in total. The lowest BCUT2D eigenvalue weighted by Crippen LogP contribution is -1.62. The van der Waals surface area contributed by atoms with Crippen molar-refractivity contribution in [2.24, 2.45) is 0 Å². The molecular weight excluding hydrogens is 118 g/mol. The average Bonchev–Trinajstić information content (AvgIpc) is 1.72. The van der Waals surface area contributed by atoms with Crippen LogP contribution in [-0.4, -0.2) is 12.5 Å². The zero-order chi connectivity index (χ0) is 4.24. The van der Waals surface area contributed by atoms with E-state index in [1.54, 1.807) is 6.33 Å². The third-order valence-electron chi connectivity index (χ3n) is 0.296. The molecule has 0 atom stereocenters. The Bertz CT molecular complexity index is 80.7. The number of hydrogen-bond donors (Lipinski definition) is 2. The molecule has 0 unspecified atom stereocenters. The molecule has 34 valence electrons. The Hall–Kier alpha value is -0.290. The second-order valence-electron chi connectivity index (χ2n) is 0.629. The van der Waals surface area contributed by atoms with E-state index < -0.39 is 0 Å². The van der Waals surface area contributed by atoms with E-state index in [0.717, 1.165) is 0 Å². The monoisotopic (exact) mass is 121 g/mol. The second kappa shape index (κ2) is 1.99. The van der Waals surface area contributed by atoms with Crippen molar-refractivity contribution in [1.29, 1.82) is 0 Å². The first kappa shape index (κ1) is 3.89. The first-order valence-electron chi connectivity index (χ1n) is 1.34. The van der Waals surface area contributed by atoms with E-state index in [1.807, 2.05) is 0 Å². The van der Waals surface area contributed by atoms with Crippen LogP contribution < -0.4 is 0 Å². The Kier molecular flexibility index (Phi) is 1.29. The van der Waals surface area contributed by atoms with Crippen molar-refractivity contribution in [3.05, 3.63) is 6.33 Å². The van der Waals surface area contributed by atoms with Crippen molar-refractivity contribution in [3.8, 4) is 0 Å². The summed E-state index contributed by atoms with van der Waals surface area (Å²) in [7, 11) is 0. The highest BCUT2D eigenvalue weighted by molar-refractivity contribution is 7.11. The van der Waals surface area contributed by atoms with Crippen molar-refractivity contribution < 1.29 is 0 Å². The van der Waals surface area contributed by atoms with Gasteiger partial charge in [0.05, 0.1) is 11.7 Å². The second-order valence-corrected chi connectivity index (χ2v) is 2.13. The molecule has 1 heterocycles. The Balaban J connectivity index is 3.00. The number of hydrogen-bond acceptors (Lipinski definition) is 3. The Morgan fingerprint density at radius 3 is 2.83 bits per heavy atom. The minimum Gasteiger partial charge on any atom is -0.286 e. The summed E-state index contributed by atoms with van der Waals surface area (Å²) >= 11 is 2.72. The maximum absolute atomic E-state index is 3.73. The Morgan fingerprint density at radius 1 is 1.67 bits per heavy atom. The minimum absolute atomic E-state index is 1.31. The number of rotatable bonds is 0. The first-order valence-corrected chi connectivity index (χ1v) is 2.93. The molecule has 5 heteroatoms. The third-order valence-corrected chi connectivity index (χ3v) is 1.36. The smallest absolute Gasteiger partial charge is 0.117 e. The lowest BCUT2D eigenvalue weighted by molar-refractivity contribution is 1.36. The van der Waals surface area contributed by atoms with Crippen LogP contribution in [0.25, 0.3) is 0 Å². The average molecular weight is 121 g/mol. The zero-order valence-corrected chi connectivity index (χ0v) is 4.47. The van der Waals surface area contributed by atoms with E-state index in [9.17, 15) is 0 Å². The summed E-state index contributed by atoms with van der Waals surface area (Å²) in [6.07, 6.45) is 1.63. The molecule has 1 aromatic heterocycles. The van der Waals surface area contributed by atoms with Crippen LogP contribution in [0.1, 0.15) is 0 Å². The molecule has 1 rings (SSSR count). The van der Waals surface area contributed by atoms with Crippen LogP contribution in [0.4, 0.5) is 0 Å². The first-order chi connectivity index (χ1) is 3.00. The predicted molar refractivity (Wildman–Crippen MR) is 26.3 cm³/mol. The molecule has 0 amide bonds. The van der Waals surface area contributed by atoms with Gasteiger partial charge >= 0.3 is 0 Å². The maximum Gasteiger partial charge on any atom is 0.117 e. The Labute approximate surface area is 43.0 Å². The maximum atomic E-state index is 3.73. The highest BCUT2D eigenvalue weighted by atomic mass is 32.2. The van der Waals surface area contributed by atoms with Crippen molar-refractivity contribution in [2.75, 3.05) is 0 Å². The van der Waals surface area contributed by atoms with Gasteiger partial charge in [-0.1, -0.05) is 0 Å². The summed E-state index contributed by atoms with van der Waals surface area (Å²) in [6.45, 7) is 0. The van der Waals surface area contributed by atoms with E-state index in [0.29, 0.717) is 0 Å². The Morgan fingerprint density at radius 2 is 2.67 bits per heavy atom. The van der Waals surface area contributed by atoms with Gasteiger partial charge in [0, 0.05) is 11.7 Å². The third kappa shape index (κ3) is 0.836. The van der Waals surface area contributed by atoms with Gasteiger partial charge in [-0.05, 0) is 0 Å². The molecule has 1 aromatic rings. The van der Waals surface area contributed by atoms with E-state index >= 15 is 0 Å². The lowest BCUT2D eigenvalue weighted by atomic mass is 11.5. The van der Waals surface area contributed by atoms with Gasteiger partial charge in [0.2, 0.25) is 0 Å². The van der Waals surface area contributed by atoms with Crippen LogP contribution in [0, 0.1) is 0 Å². The zero-order valence-electron chi connectivity index (χ0n) is 2.84. The van der Waals surface area contributed by atoms with Gasteiger partial charge in [-0.15, -0.1) is 0 Å². The predicted octanol–water partition coefficient (Wildman–Crippen LogP) is 0.985. The molecule has 0 saturated carbocycles. The van der Waals surface area contributed by atoms with Gasteiger partial charge in [0.25, 0.3) is 0 Å². The minimum atomic E-state index is 1.31. The van der Waals surface area contributed by atoms with Gasteiger partial charge in [-0.2, -0.15) is 4.37 Å². The summed E-state index contributed by atoms with van der Waals surface area (Å²) in [4.78, 5) is 0. The highest BCUT2D eigenvalue weighted by Gasteiger charge is 1.56. The van der Waals surface area contributed by atoms with Gasteiger partial charge in [-0.3, -0.25) is 4.37 Å². The van der Waals surface area contributed by atoms with Crippen molar-refractivity contribution >= 4 is 23.5 Å². The molecule has 0 aliphatic rings. The number of aromatic amines is 2. The van der Waals surface area contributed by atoms with Crippen LogP contribution >= 0.6 is 23.5 Å². The molecule has 0 fully saturated rings. The summed E-state index contributed by atoms with van der Waals surface area (Å²) in [6, 6.07) is 0. The van der Waals surface area contributed by atoms with E-state index in [1.165, 1.54) is 23.5 Å². The van der Waals surface area contributed by atoms with Crippen LogP contribution in [-0.2, 0) is 0 Å². The fourth-order valence-electron chi connectivity index (χ4n) is 0.138. The normalized spacial score (nSPS) is 8.00. The van der Waals surface area contributed by atoms with E-state index in [-0.39, 0.29) is 0 Å². The number of aromatic nitrogens is 3. The molecule has 0 bridgehead atoms. The van der Waals surface area contributed by atoms with Crippen molar-refractivity contribution in [3.63, 3.8) is 0 Å². The van der Waals surface area contributed by atoms with Crippen molar-refractivity contribution in [1.82, 2.24) is 12.5 Å². The van der Waals surface area contributed by atoms with Crippen LogP contribution in [0.2, 0.25) is 0 Å². The van der Waals surface area contributed by atoms with E-state index in [4.69, 9.17) is 0 Å². The van der Waals surface area contributed by atoms with Gasteiger partial charge in [0.15, 0.2) is 0 Å². The molecule has 0 saturated heterocycles. The molecule has 0 spiro atoms. The number of H-pyrrole nitrogens is 2. The summed E-state index contributed by atoms with van der Waals surface area (Å²) in [5, 5.41) is 0. The molecule has 0 radical (unpaired) electrons. The molecule has 0 aliphatic carbocycles. The molecule has 0 aromatic carbocycles. The standard InChI is InChI=1S/CH3N3S2/c1-2-5-4-6-3-1/h1,4H,(H,2,3). The topological polar surface area (TPSA) is 44.5 Å². The molecule has 6 heavy (non-hydrogen) atoms. The largest absolute Gasteiger partial charge is 0.286 e. The number of nitrogens with zero attached hydrogens (tertiary/aromatic N) is 1. The summed E-state index contributed by atoms with van der Waals surface area (Å²) < 4.78 is 9.31. The molecular formula is CH3N3S2. The summed E-state index contributed by atoms with van der Waals surface area (Å²) in [5.74, 6) is 0. The fourth-order valence-corrected chi connectivity index (χ4v) is 0.930. The van der Waals surface area contributed by atoms with Gasteiger partial charge < -0.3 is 0 Å². The molecule has 0 aliphatic heterocycles. The lowest BCUT2D eigenvalue weighted by Gasteiger charge is -1.72. The van der Waals surface area contributed by atoms with E-state index in [2.05, 4.69) is 12.5 Å². The van der Waals surface area contributed by atoms with Crippen molar-refractivity contribution in [2.45, 2.75) is 0 Å². The number of nitrogens with one attached hydrogen (secondary N) is 2. The van der Waals surface area contributed by atoms with Gasteiger partial charge in [0.1, 0.15) is 6.33 Å². The summed E-state index contributed by atoms with van der Waals surface area (Å²) in [5.41, 5.74) is 0. The molecule has 2 N–H and O–H groups in total. The van der Waals surface area contributed by atoms with Gasteiger partial charge in [-0.25, -0.2) is 3.76 Å². The van der Waals surface area contributed by atoms with Crippen LogP contribution in [0.3, 0.4) is 0 Å².